The van der Waals surface area contributed by atoms with E-state index in [2.05, 4.69) is 17.1 Å². The van der Waals surface area contributed by atoms with Gasteiger partial charge in [0.05, 0.1) is 0 Å². The first-order valence-electron chi connectivity index (χ1n) is 7.80. The molecule has 0 saturated carbocycles. The van der Waals surface area contributed by atoms with Crippen molar-refractivity contribution in [3.8, 4) is 0 Å². The molecule has 1 aromatic heterocycles. The molecule has 0 spiro atoms. The molecule has 1 amide bonds. The first-order chi connectivity index (χ1) is 11.1. The van der Waals surface area contributed by atoms with Gasteiger partial charge in [0.15, 0.2) is 0 Å². The molecular weight excluding hydrogens is 308 g/mol. The number of nitrogens with zero attached hydrogens (tertiary/aromatic N) is 1. The van der Waals surface area contributed by atoms with E-state index in [0.29, 0.717) is 5.92 Å². The molecule has 1 aromatic carbocycles. The predicted octanol–water partition coefficient (Wildman–Crippen LogP) is 2.94. The van der Waals surface area contributed by atoms with Crippen molar-refractivity contribution in [3.05, 3.63) is 64.1 Å². The third-order valence-electron chi connectivity index (χ3n) is 4.09. The summed E-state index contributed by atoms with van der Waals surface area (Å²) in [6.45, 7) is 3.26. The molecule has 120 valence electrons. The van der Waals surface area contributed by atoms with E-state index in [4.69, 9.17) is 0 Å². The molecule has 1 N–H and O–H groups in total. The van der Waals surface area contributed by atoms with Crippen molar-refractivity contribution < 1.29 is 4.79 Å². The number of likely N-dealkylation sites (tertiary alicyclic amines) is 1. The van der Waals surface area contributed by atoms with Crippen molar-refractivity contribution in [1.29, 1.82) is 0 Å². The first-order valence-corrected chi connectivity index (χ1v) is 8.79. The van der Waals surface area contributed by atoms with E-state index in [-0.39, 0.29) is 17.0 Å². The molecule has 0 radical (unpaired) electrons. The molecule has 3 rings (SSSR count). The summed E-state index contributed by atoms with van der Waals surface area (Å²) < 4.78 is 0. The second-order valence-electron chi connectivity index (χ2n) is 5.91. The highest BCUT2D eigenvalue weighted by molar-refractivity contribution is 7.99. The zero-order chi connectivity index (χ0) is 16.2. The molecule has 1 aliphatic heterocycles. The average Bonchev–Trinajstić information content (AvgIpc) is 3.02. The second kappa shape index (κ2) is 7.04. The van der Waals surface area contributed by atoms with Crippen LogP contribution in [0.3, 0.4) is 0 Å². The zero-order valence-corrected chi connectivity index (χ0v) is 13.9. The monoisotopic (exact) mass is 328 g/mol. The lowest BCUT2D eigenvalue weighted by molar-refractivity contribution is 0.0786. The Labute approximate surface area is 139 Å². The van der Waals surface area contributed by atoms with Crippen LogP contribution in [0.15, 0.2) is 52.2 Å². The van der Waals surface area contributed by atoms with Crippen LogP contribution >= 0.6 is 11.8 Å². The van der Waals surface area contributed by atoms with Gasteiger partial charge in [-0.25, -0.2) is 0 Å². The summed E-state index contributed by atoms with van der Waals surface area (Å²) in [5, 5.41) is 0. The standard InChI is InChI=1S/C18H20N2O2S/c1-13-7-8-16(17(21)19-13)18(22)20-10-9-14(11-20)12-23-15-5-3-2-4-6-15/h2-8,14H,9-12H2,1H3,(H,19,21). The number of aromatic nitrogens is 1. The number of pyridine rings is 1. The van der Waals surface area contributed by atoms with Crippen LogP contribution in [0.1, 0.15) is 22.5 Å². The summed E-state index contributed by atoms with van der Waals surface area (Å²) >= 11 is 1.83. The van der Waals surface area contributed by atoms with Gasteiger partial charge in [-0.2, -0.15) is 0 Å². The Morgan fingerprint density at radius 2 is 2.04 bits per heavy atom. The van der Waals surface area contributed by atoms with Gasteiger partial charge >= 0.3 is 0 Å². The highest BCUT2D eigenvalue weighted by atomic mass is 32.2. The number of aryl methyl sites for hydroxylation is 1. The number of thioether (sulfide) groups is 1. The van der Waals surface area contributed by atoms with E-state index in [1.807, 2.05) is 36.9 Å². The Bertz CT molecular complexity index is 742. The normalized spacial score (nSPS) is 17.4. The largest absolute Gasteiger partial charge is 0.338 e. The smallest absolute Gasteiger partial charge is 0.260 e. The van der Waals surface area contributed by atoms with Crippen LogP contribution in [-0.2, 0) is 0 Å². The molecule has 2 heterocycles. The quantitative estimate of drug-likeness (QED) is 0.878. The third kappa shape index (κ3) is 3.85. The van der Waals surface area contributed by atoms with Crippen LogP contribution < -0.4 is 5.56 Å². The fourth-order valence-corrected chi connectivity index (χ4v) is 3.84. The van der Waals surface area contributed by atoms with Gasteiger partial charge in [-0.15, -0.1) is 11.8 Å². The van der Waals surface area contributed by atoms with E-state index < -0.39 is 0 Å². The zero-order valence-electron chi connectivity index (χ0n) is 13.1. The van der Waals surface area contributed by atoms with E-state index in [9.17, 15) is 9.59 Å². The van der Waals surface area contributed by atoms with Crippen LogP contribution in [0.4, 0.5) is 0 Å². The number of benzene rings is 1. The number of nitrogens with one attached hydrogen (secondary N) is 1. The Hall–Kier alpha value is -2.01. The minimum atomic E-state index is -0.294. The summed E-state index contributed by atoms with van der Waals surface area (Å²) in [6, 6.07) is 13.7. The van der Waals surface area contributed by atoms with Crippen LogP contribution in [0.5, 0.6) is 0 Å². The number of H-pyrrole nitrogens is 1. The lowest BCUT2D eigenvalue weighted by atomic mass is 10.2. The number of carbonyl (C=O) groups is 1. The molecule has 1 saturated heterocycles. The number of carbonyl (C=O) groups excluding carboxylic acids is 1. The van der Waals surface area contributed by atoms with Crippen LogP contribution in [0.2, 0.25) is 0 Å². The highest BCUT2D eigenvalue weighted by Crippen LogP contribution is 2.26. The fraction of sp³-hybridized carbons (Fsp3) is 0.333. The van der Waals surface area contributed by atoms with E-state index in [1.54, 1.807) is 17.0 Å². The molecule has 1 aliphatic rings. The summed E-state index contributed by atoms with van der Waals surface area (Å²) in [6.07, 6.45) is 0.995. The van der Waals surface area contributed by atoms with E-state index >= 15 is 0 Å². The first kappa shape index (κ1) is 15.9. The Balaban J connectivity index is 1.59. The summed E-state index contributed by atoms with van der Waals surface area (Å²) in [5.41, 5.74) is 0.717. The Kier molecular flexibility index (Phi) is 4.86. The van der Waals surface area contributed by atoms with Crippen molar-refractivity contribution in [2.24, 2.45) is 5.92 Å². The van der Waals surface area contributed by atoms with Gasteiger partial charge in [-0.1, -0.05) is 18.2 Å². The topological polar surface area (TPSA) is 53.2 Å². The average molecular weight is 328 g/mol. The van der Waals surface area contributed by atoms with E-state index in [0.717, 1.165) is 31.0 Å². The van der Waals surface area contributed by atoms with Crippen molar-refractivity contribution in [2.45, 2.75) is 18.2 Å². The molecule has 1 atom stereocenters. The third-order valence-corrected chi connectivity index (χ3v) is 5.33. The highest BCUT2D eigenvalue weighted by Gasteiger charge is 2.28. The summed E-state index contributed by atoms with van der Waals surface area (Å²) in [7, 11) is 0. The minimum Gasteiger partial charge on any atom is -0.338 e. The number of aromatic amines is 1. The summed E-state index contributed by atoms with van der Waals surface area (Å²) in [4.78, 5) is 30.2. The second-order valence-corrected chi connectivity index (χ2v) is 7.01. The number of amides is 1. The molecule has 1 fully saturated rings. The molecule has 1 unspecified atom stereocenters. The van der Waals surface area contributed by atoms with Crippen molar-refractivity contribution in [3.63, 3.8) is 0 Å². The molecule has 4 nitrogen and oxygen atoms in total. The summed E-state index contributed by atoms with van der Waals surface area (Å²) in [5.74, 6) is 1.32. The molecule has 23 heavy (non-hydrogen) atoms. The van der Waals surface area contributed by atoms with Gasteiger partial charge in [0.25, 0.3) is 11.5 Å². The van der Waals surface area contributed by atoms with E-state index in [1.165, 1.54) is 4.90 Å². The van der Waals surface area contributed by atoms with Gasteiger partial charge < -0.3 is 9.88 Å². The van der Waals surface area contributed by atoms with Gasteiger partial charge in [-0.3, -0.25) is 9.59 Å². The van der Waals surface area contributed by atoms with Crippen LogP contribution in [-0.4, -0.2) is 34.6 Å². The van der Waals surface area contributed by atoms with Gasteiger partial charge in [0, 0.05) is 29.4 Å². The Morgan fingerprint density at radius 1 is 1.26 bits per heavy atom. The maximum atomic E-state index is 12.5. The molecule has 2 aromatic rings. The maximum Gasteiger partial charge on any atom is 0.260 e. The van der Waals surface area contributed by atoms with Gasteiger partial charge in [0.1, 0.15) is 5.56 Å². The molecule has 0 aliphatic carbocycles. The number of hydrogen-bond acceptors (Lipinski definition) is 3. The SMILES string of the molecule is Cc1ccc(C(=O)N2CCC(CSc3ccccc3)C2)c(=O)[nH]1. The predicted molar refractivity (Wildman–Crippen MR) is 93.0 cm³/mol. The lowest BCUT2D eigenvalue weighted by Gasteiger charge is -2.16. The minimum absolute atomic E-state index is 0.154. The fourth-order valence-electron chi connectivity index (χ4n) is 2.79. The van der Waals surface area contributed by atoms with Crippen molar-refractivity contribution >= 4 is 17.7 Å². The van der Waals surface area contributed by atoms with Gasteiger partial charge in [0.2, 0.25) is 0 Å². The van der Waals surface area contributed by atoms with Crippen molar-refractivity contribution in [1.82, 2.24) is 9.88 Å². The Morgan fingerprint density at radius 3 is 2.78 bits per heavy atom. The lowest BCUT2D eigenvalue weighted by Crippen LogP contribution is -2.33. The molecule has 5 heteroatoms. The number of hydrogen-bond donors (Lipinski definition) is 1. The maximum absolute atomic E-state index is 12.5. The van der Waals surface area contributed by atoms with Crippen molar-refractivity contribution in [2.75, 3.05) is 18.8 Å². The van der Waals surface area contributed by atoms with Crippen LogP contribution in [0.25, 0.3) is 0 Å². The van der Waals surface area contributed by atoms with Crippen LogP contribution in [0, 0.1) is 12.8 Å². The van der Waals surface area contributed by atoms with Gasteiger partial charge in [-0.05, 0) is 43.5 Å². The molecule has 0 bridgehead atoms. The molecular formula is C18H20N2O2S. The number of rotatable bonds is 4.